The highest BCUT2D eigenvalue weighted by Gasteiger charge is 2.38. The van der Waals surface area contributed by atoms with Crippen molar-refractivity contribution in [3.63, 3.8) is 0 Å². The number of hydrogen-bond donors (Lipinski definition) is 0. The smallest absolute Gasteiger partial charge is 0.170 e. The zero-order valence-electron chi connectivity index (χ0n) is 15.8. The van der Waals surface area contributed by atoms with Crippen molar-refractivity contribution in [2.45, 2.75) is 31.8 Å². The lowest BCUT2D eigenvalue weighted by Crippen LogP contribution is -2.37. The van der Waals surface area contributed by atoms with Gasteiger partial charge in [0.2, 0.25) is 0 Å². The van der Waals surface area contributed by atoms with E-state index in [-0.39, 0.29) is 11.7 Å². The zero-order valence-corrected chi connectivity index (χ0v) is 15.8. The highest BCUT2D eigenvalue weighted by atomic mass is 16.5. The first-order valence-corrected chi connectivity index (χ1v) is 8.51. The number of Topliss-reactive ketones (excluding diaryl/α,β-unsaturated/α-hetero) is 1. The van der Waals surface area contributed by atoms with E-state index in [0.717, 1.165) is 5.56 Å². The minimum Gasteiger partial charge on any atom is -0.497 e. The average Bonchev–Trinajstić information content (AvgIpc) is 2.64. The maximum absolute atomic E-state index is 13.3. The number of benzene rings is 2. The molecule has 0 aromatic heterocycles. The molecule has 0 saturated heterocycles. The molecule has 26 heavy (non-hydrogen) atoms. The van der Waals surface area contributed by atoms with Crippen LogP contribution < -0.4 is 18.9 Å². The minimum absolute atomic E-state index is 0.0359. The van der Waals surface area contributed by atoms with E-state index in [2.05, 4.69) is 0 Å². The number of ketones is 1. The second kappa shape index (κ2) is 6.90. The summed E-state index contributed by atoms with van der Waals surface area (Å²) in [6.45, 7) is 3.98. The molecule has 0 fully saturated rings. The van der Waals surface area contributed by atoms with E-state index in [0.29, 0.717) is 35.0 Å². The molecule has 1 heterocycles. The van der Waals surface area contributed by atoms with E-state index in [9.17, 15) is 4.79 Å². The highest BCUT2D eigenvalue weighted by Crippen LogP contribution is 2.44. The standard InChI is InChI=1S/C21H24O5/c1-21(2)12-16(15-8-7-14(23-3)11-18(15)26-21)20(22)13-6-9-17(24-4)19(10-13)25-5/h6-11,16H,12H2,1-5H3. The minimum atomic E-state index is -0.448. The third kappa shape index (κ3) is 3.34. The number of methoxy groups -OCH3 is 3. The predicted molar refractivity (Wildman–Crippen MR) is 98.9 cm³/mol. The molecule has 5 nitrogen and oxygen atoms in total. The fraction of sp³-hybridized carbons (Fsp3) is 0.381. The van der Waals surface area contributed by atoms with Crippen LogP contribution in [0.2, 0.25) is 0 Å². The maximum atomic E-state index is 13.3. The molecule has 0 saturated carbocycles. The first kappa shape index (κ1) is 18.1. The van der Waals surface area contributed by atoms with Crippen molar-refractivity contribution in [3.05, 3.63) is 47.5 Å². The molecule has 0 aliphatic carbocycles. The van der Waals surface area contributed by atoms with Crippen molar-refractivity contribution < 1.29 is 23.7 Å². The largest absolute Gasteiger partial charge is 0.497 e. The summed E-state index contributed by atoms with van der Waals surface area (Å²) in [5.74, 6) is 2.28. The summed E-state index contributed by atoms with van der Waals surface area (Å²) >= 11 is 0. The number of rotatable bonds is 5. The van der Waals surface area contributed by atoms with Crippen molar-refractivity contribution in [3.8, 4) is 23.0 Å². The van der Waals surface area contributed by atoms with Gasteiger partial charge in [0.15, 0.2) is 17.3 Å². The molecule has 1 aliphatic heterocycles. The Kier molecular flexibility index (Phi) is 4.81. The summed E-state index contributed by atoms with van der Waals surface area (Å²) in [7, 11) is 4.75. The van der Waals surface area contributed by atoms with Gasteiger partial charge in [-0.2, -0.15) is 0 Å². The van der Waals surface area contributed by atoms with Gasteiger partial charge >= 0.3 is 0 Å². The van der Waals surface area contributed by atoms with E-state index in [1.54, 1.807) is 39.5 Å². The maximum Gasteiger partial charge on any atom is 0.170 e. The fourth-order valence-electron chi connectivity index (χ4n) is 3.38. The fourth-order valence-corrected chi connectivity index (χ4v) is 3.38. The van der Waals surface area contributed by atoms with Crippen molar-refractivity contribution in [2.24, 2.45) is 0 Å². The molecule has 0 radical (unpaired) electrons. The van der Waals surface area contributed by atoms with Gasteiger partial charge in [-0.15, -0.1) is 0 Å². The van der Waals surface area contributed by atoms with Crippen LogP contribution >= 0.6 is 0 Å². The summed E-state index contributed by atoms with van der Waals surface area (Å²) in [4.78, 5) is 13.3. The molecule has 0 N–H and O–H groups in total. The van der Waals surface area contributed by atoms with Gasteiger partial charge in [0.05, 0.1) is 27.2 Å². The molecule has 2 aromatic carbocycles. The molecule has 5 heteroatoms. The number of hydrogen-bond acceptors (Lipinski definition) is 5. The third-order valence-corrected chi connectivity index (χ3v) is 4.66. The van der Waals surface area contributed by atoms with Crippen LogP contribution in [0.4, 0.5) is 0 Å². The quantitative estimate of drug-likeness (QED) is 0.750. The Hall–Kier alpha value is -2.69. The van der Waals surface area contributed by atoms with E-state index in [1.165, 1.54) is 0 Å². The second-order valence-electron chi connectivity index (χ2n) is 6.96. The van der Waals surface area contributed by atoms with Gasteiger partial charge in [-0.05, 0) is 38.1 Å². The predicted octanol–water partition coefficient (Wildman–Crippen LogP) is 4.24. The van der Waals surface area contributed by atoms with Crippen molar-refractivity contribution in [2.75, 3.05) is 21.3 Å². The molecule has 1 unspecified atom stereocenters. The van der Waals surface area contributed by atoms with Gasteiger partial charge in [0, 0.05) is 23.6 Å². The zero-order chi connectivity index (χ0) is 18.9. The Morgan fingerprint density at radius 2 is 1.73 bits per heavy atom. The number of carbonyl (C=O) groups is 1. The topological polar surface area (TPSA) is 54.0 Å². The van der Waals surface area contributed by atoms with Gasteiger partial charge in [0.25, 0.3) is 0 Å². The molecule has 138 valence electrons. The first-order chi connectivity index (χ1) is 12.4. The molecule has 0 bridgehead atoms. The van der Waals surface area contributed by atoms with E-state index in [1.807, 2.05) is 32.0 Å². The molecule has 3 rings (SSSR count). The van der Waals surface area contributed by atoms with Gasteiger partial charge in [-0.25, -0.2) is 0 Å². The van der Waals surface area contributed by atoms with Crippen LogP contribution in [0.1, 0.15) is 42.1 Å². The van der Waals surface area contributed by atoms with E-state index < -0.39 is 5.60 Å². The SMILES string of the molecule is COc1ccc2c(c1)OC(C)(C)CC2C(=O)c1ccc(OC)c(OC)c1. The molecule has 1 atom stereocenters. The van der Waals surface area contributed by atoms with Crippen LogP contribution in [0.25, 0.3) is 0 Å². The van der Waals surface area contributed by atoms with Gasteiger partial charge in [-0.1, -0.05) is 6.07 Å². The van der Waals surface area contributed by atoms with Gasteiger partial charge in [-0.3, -0.25) is 4.79 Å². The molecule has 0 spiro atoms. The molecule has 2 aromatic rings. The summed E-state index contributed by atoms with van der Waals surface area (Å²) in [5.41, 5.74) is 1.02. The Morgan fingerprint density at radius 3 is 2.38 bits per heavy atom. The molecular formula is C21H24O5. The van der Waals surface area contributed by atoms with E-state index >= 15 is 0 Å². The Morgan fingerprint density at radius 1 is 1.00 bits per heavy atom. The van der Waals surface area contributed by atoms with Crippen molar-refractivity contribution in [1.82, 2.24) is 0 Å². The van der Waals surface area contributed by atoms with Crippen molar-refractivity contribution >= 4 is 5.78 Å². The van der Waals surface area contributed by atoms with Crippen molar-refractivity contribution in [1.29, 1.82) is 0 Å². The lowest BCUT2D eigenvalue weighted by molar-refractivity contribution is 0.0615. The second-order valence-corrected chi connectivity index (χ2v) is 6.96. The Bertz CT molecular complexity index is 825. The molecule has 0 amide bonds. The number of carbonyl (C=O) groups excluding carboxylic acids is 1. The summed E-state index contributed by atoms with van der Waals surface area (Å²) < 4.78 is 22.0. The number of ether oxygens (including phenoxy) is 4. The monoisotopic (exact) mass is 356 g/mol. The first-order valence-electron chi connectivity index (χ1n) is 8.51. The van der Waals surface area contributed by atoms with Crippen LogP contribution in [0.3, 0.4) is 0 Å². The summed E-state index contributed by atoms with van der Waals surface area (Å²) in [6, 6.07) is 10.9. The highest BCUT2D eigenvalue weighted by molar-refractivity contribution is 6.02. The van der Waals surface area contributed by atoms with Gasteiger partial charge < -0.3 is 18.9 Å². The third-order valence-electron chi connectivity index (χ3n) is 4.66. The lowest BCUT2D eigenvalue weighted by Gasteiger charge is -2.37. The van der Waals surface area contributed by atoms with Crippen LogP contribution in [-0.2, 0) is 0 Å². The Labute approximate surface area is 153 Å². The average molecular weight is 356 g/mol. The Balaban J connectivity index is 2.02. The van der Waals surface area contributed by atoms with Crippen LogP contribution in [-0.4, -0.2) is 32.7 Å². The molecule has 1 aliphatic rings. The van der Waals surface area contributed by atoms with Gasteiger partial charge in [0.1, 0.15) is 17.1 Å². The normalized spacial score (nSPS) is 17.7. The number of fused-ring (bicyclic) bond motifs is 1. The van der Waals surface area contributed by atoms with Crippen LogP contribution in [0.5, 0.6) is 23.0 Å². The summed E-state index contributed by atoms with van der Waals surface area (Å²) in [6.07, 6.45) is 0.597. The van der Waals surface area contributed by atoms with Crippen LogP contribution in [0, 0.1) is 0 Å². The molecular weight excluding hydrogens is 332 g/mol. The van der Waals surface area contributed by atoms with E-state index in [4.69, 9.17) is 18.9 Å². The van der Waals surface area contributed by atoms with Crippen LogP contribution in [0.15, 0.2) is 36.4 Å². The lowest BCUT2D eigenvalue weighted by atomic mass is 9.80. The summed E-state index contributed by atoms with van der Waals surface area (Å²) in [5, 5.41) is 0.